The first-order valence-corrected chi connectivity index (χ1v) is 10.7. The number of halogens is 1. The number of rotatable bonds is 7. The highest BCUT2D eigenvalue weighted by Crippen LogP contribution is 2.17. The van der Waals surface area contributed by atoms with Gasteiger partial charge >= 0.3 is 0 Å². The van der Waals surface area contributed by atoms with E-state index in [-0.39, 0.29) is 17.2 Å². The lowest BCUT2D eigenvalue weighted by atomic mass is 9.95. The van der Waals surface area contributed by atoms with Crippen molar-refractivity contribution in [3.05, 3.63) is 40.4 Å². The summed E-state index contributed by atoms with van der Waals surface area (Å²) in [6.07, 6.45) is 5.48. The molecule has 29 heavy (non-hydrogen) atoms. The SMILES string of the molecule is Cc1cc(Cl)cc(/C=C/C(=O)NCC2CCN(CCNC(=O)C(C)(C)C)CC2)c1. The maximum Gasteiger partial charge on any atom is 0.244 e. The summed E-state index contributed by atoms with van der Waals surface area (Å²) in [5.74, 6) is 0.521. The van der Waals surface area contributed by atoms with Gasteiger partial charge in [0.15, 0.2) is 0 Å². The van der Waals surface area contributed by atoms with Gasteiger partial charge in [0.2, 0.25) is 11.8 Å². The number of amides is 2. The van der Waals surface area contributed by atoms with E-state index in [4.69, 9.17) is 11.6 Å². The molecule has 0 spiro atoms. The summed E-state index contributed by atoms with van der Waals surface area (Å²) in [6, 6.07) is 5.73. The second-order valence-corrected chi connectivity index (χ2v) is 9.37. The van der Waals surface area contributed by atoms with Crippen molar-refractivity contribution >= 4 is 29.5 Å². The number of aryl methyl sites for hydroxylation is 1. The topological polar surface area (TPSA) is 61.4 Å². The Morgan fingerprint density at radius 2 is 1.86 bits per heavy atom. The van der Waals surface area contributed by atoms with Crippen LogP contribution in [0.4, 0.5) is 0 Å². The standard InChI is InChI=1S/C23H34ClN3O2/c1-17-13-19(15-20(24)14-17)5-6-21(28)26-16-18-7-10-27(11-8-18)12-9-25-22(29)23(2,3)4/h5-6,13-15,18H,7-12,16H2,1-4H3,(H,25,29)(H,26,28)/b6-5+. The fraction of sp³-hybridized carbons (Fsp3) is 0.565. The molecule has 5 nitrogen and oxygen atoms in total. The van der Waals surface area contributed by atoms with E-state index in [0.717, 1.165) is 43.6 Å². The highest BCUT2D eigenvalue weighted by Gasteiger charge is 2.22. The maximum atomic E-state index is 12.1. The lowest BCUT2D eigenvalue weighted by molar-refractivity contribution is -0.128. The van der Waals surface area contributed by atoms with Crippen LogP contribution < -0.4 is 10.6 Å². The molecule has 6 heteroatoms. The van der Waals surface area contributed by atoms with Crippen LogP contribution in [-0.2, 0) is 9.59 Å². The summed E-state index contributed by atoms with van der Waals surface area (Å²) in [4.78, 5) is 26.4. The van der Waals surface area contributed by atoms with Gasteiger partial charge in [-0.05, 0) is 68.1 Å². The van der Waals surface area contributed by atoms with Crippen LogP contribution in [0.25, 0.3) is 6.08 Å². The third kappa shape index (κ3) is 8.58. The van der Waals surface area contributed by atoms with Gasteiger partial charge in [-0.15, -0.1) is 0 Å². The van der Waals surface area contributed by atoms with E-state index in [0.29, 0.717) is 24.0 Å². The van der Waals surface area contributed by atoms with E-state index in [1.165, 1.54) is 0 Å². The molecule has 0 saturated carbocycles. The van der Waals surface area contributed by atoms with Gasteiger partial charge in [-0.25, -0.2) is 0 Å². The molecule has 1 aromatic carbocycles. The van der Waals surface area contributed by atoms with Crippen LogP contribution in [0.5, 0.6) is 0 Å². The molecule has 0 unspecified atom stereocenters. The third-order valence-electron chi connectivity index (χ3n) is 5.16. The second kappa shape index (κ2) is 10.8. The molecule has 0 atom stereocenters. The highest BCUT2D eigenvalue weighted by molar-refractivity contribution is 6.30. The lowest BCUT2D eigenvalue weighted by Gasteiger charge is -2.32. The van der Waals surface area contributed by atoms with E-state index in [1.807, 2.05) is 45.9 Å². The number of hydrogen-bond donors (Lipinski definition) is 2. The van der Waals surface area contributed by atoms with Gasteiger partial charge in [-0.2, -0.15) is 0 Å². The first-order valence-electron chi connectivity index (χ1n) is 10.4. The van der Waals surface area contributed by atoms with Crippen molar-refractivity contribution in [1.29, 1.82) is 0 Å². The minimum Gasteiger partial charge on any atom is -0.354 e. The Morgan fingerprint density at radius 3 is 2.48 bits per heavy atom. The Balaban J connectivity index is 1.64. The normalized spacial score (nSPS) is 16.2. The first kappa shape index (κ1) is 23.4. The van der Waals surface area contributed by atoms with Crippen molar-refractivity contribution < 1.29 is 9.59 Å². The molecule has 2 N–H and O–H groups in total. The van der Waals surface area contributed by atoms with Crippen LogP contribution in [0.1, 0.15) is 44.7 Å². The van der Waals surface area contributed by atoms with Gasteiger partial charge in [0.1, 0.15) is 0 Å². The third-order valence-corrected chi connectivity index (χ3v) is 5.38. The van der Waals surface area contributed by atoms with E-state index in [1.54, 1.807) is 12.2 Å². The fourth-order valence-electron chi connectivity index (χ4n) is 3.34. The second-order valence-electron chi connectivity index (χ2n) is 8.93. The molecule has 1 heterocycles. The minimum absolute atomic E-state index is 0.0741. The molecule has 1 aromatic rings. The molecule has 0 aliphatic carbocycles. The molecule has 1 fully saturated rings. The van der Waals surface area contributed by atoms with Crippen molar-refractivity contribution in [1.82, 2.24) is 15.5 Å². The fourth-order valence-corrected chi connectivity index (χ4v) is 3.64. The predicted octanol–water partition coefficient (Wildman–Crippen LogP) is 3.65. The van der Waals surface area contributed by atoms with Gasteiger partial charge in [0.05, 0.1) is 0 Å². The molecule has 0 bridgehead atoms. The smallest absolute Gasteiger partial charge is 0.244 e. The average Bonchev–Trinajstić information content (AvgIpc) is 2.64. The zero-order valence-electron chi connectivity index (χ0n) is 18.1. The summed E-state index contributed by atoms with van der Waals surface area (Å²) < 4.78 is 0. The number of nitrogens with zero attached hydrogens (tertiary/aromatic N) is 1. The zero-order valence-corrected chi connectivity index (χ0v) is 18.8. The number of hydrogen-bond acceptors (Lipinski definition) is 3. The summed E-state index contributed by atoms with van der Waals surface area (Å²) in [7, 11) is 0. The lowest BCUT2D eigenvalue weighted by Crippen LogP contribution is -2.43. The van der Waals surface area contributed by atoms with Crippen LogP contribution in [0.15, 0.2) is 24.3 Å². The van der Waals surface area contributed by atoms with Crippen LogP contribution in [0, 0.1) is 18.3 Å². The van der Waals surface area contributed by atoms with Crippen molar-refractivity contribution in [2.45, 2.75) is 40.5 Å². The van der Waals surface area contributed by atoms with E-state index < -0.39 is 0 Å². The van der Waals surface area contributed by atoms with Crippen LogP contribution >= 0.6 is 11.6 Å². The molecule has 0 radical (unpaired) electrons. The molecule has 2 amide bonds. The largest absolute Gasteiger partial charge is 0.354 e. The molecule has 1 saturated heterocycles. The Hall–Kier alpha value is -1.85. The van der Waals surface area contributed by atoms with E-state index in [9.17, 15) is 9.59 Å². The first-order chi connectivity index (χ1) is 13.6. The van der Waals surface area contributed by atoms with Crippen molar-refractivity contribution in [2.24, 2.45) is 11.3 Å². The number of likely N-dealkylation sites (tertiary alicyclic amines) is 1. The Labute approximate surface area is 179 Å². The quantitative estimate of drug-likeness (QED) is 0.663. The monoisotopic (exact) mass is 419 g/mol. The average molecular weight is 420 g/mol. The summed E-state index contributed by atoms with van der Waals surface area (Å²) >= 11 is 6.05. The number of benzene rings is 1. The van der Waals surface area contributed by atoms with Gasteiger partial charge in [0, 0.05) is 36.1 Å². The molecule has 1 aliphatic rings. The Morgan fingerprint density at radius 1 is 1.17 bits per heavy atom. The van der Waals surface area contributed by atoms with E-state index in [2.05, 4.69) is 15.5 Å². The van der Waals surface area contributed by atoms with Crippen molar-refractivity contribution in [3.8, 4) is 0 Å². The minimum atomic E-state index is -0.342. The summed E-state index contributed by atoms with van der Waals surface area (Å²) in [5.41, 5.74) is 1.66. The molecule has 2 rings (SSSR count). The zero-order chi connectivity index (χ0) is 21.4. The van der Waals surface area contributed by atoms with Gasteiger partial charge in [0.25, 0.3) is 0 Å². The predicted molar refractivity (Wildman–Crippen MR) is 120 cm³/mol. The number of carbonyl (C=O) groups excluding carboxylic acids is 2. The molecule has 160 valence electrons. The van der Waals surface area contributed by atoms with Crippen LogP contribution in [0.2, 0.25) is 5.02 Å². The molecule has 1 aliphatic heterocycles. The molecular weight excluding hydrogens is 386 g/mol. The Bertz CT molecular complexity index is 712. The number of piperidine rings is 1. The molecule has 0 aromatic heterocycles. The van der Waals surface area contributed by atoms with Crippen molar-refractivity contribution in [2.75, 3.05) is 32.7 Å². The number of carbonyl (C=O) groups is 2. The summed E-state index contributed by atoms with van der Waals surface area (Å²) in [6.45, 7) is 12.0. The Kier molecular flexibility index (Phi) is 8.72. The maximum absolute atomic E-state index is 12.1. The van der Waals surface area contributed by atoms with Crippen LogP contribution in [-0.4, -0.2) is 49.4 Å². The van der Waals surface area contributed by atoms with Crippen molar-refractivity contribution in [3.63, 3.8) is 0 Å². The summed E-state index contributed by atoms with van der Waals surface area (Å²) in [5, 5.41) is 6.69. The highest BCUT2D eigenvalue weighted by atomic mass is 35.5. The van der Waals surface area contributed by atoms with E-state index >= 15 is 0 Å². The molecular formula is C23H34ClN3O2. The van der Waals surface area contributed by atoms with Gasteiger partial charge < -0.3 is 15.5 Å². The number of nitrogens with one attached hydrogen (secondary N) is 2. The van der Waals surface area contributed by atoms with Gasteiger partial charge in [-0.1, -0.05) is 38.4 Å². The van der Waals surface area contributed by atoms with Crippen LogP contribution in [0.3, 0.4) is 0 Å². The van der Waals surface area contributed by atoms with Gasteiger partial charge in [-0.3, -0.25) is 9.59 Å².